The monoisotopic (exact) mass is 193 g/mol. The molecule has 0 aliphatic rings. The maximum absolute atomic E-state index is 10.1. The zero-order valence-electron chi connectivity index (χ0n) is 9.63. The van der Waals surface area contributed by atoms with Gasteiger partial charge in [-0.15, -0.1) is 0 Å². The van der Waals surface area contributed by atoms with Crippen molar-refractivity contribution in [3.05, 3.63) is 23.3 Å². The lowest BCUT2D eigenvalue weighted by atomic mass is 9.99. The van der Waals surface area contributed by atoms with E-state index in [0.29, 0.717) is 11.7 Å². The highest BCUT2D eigenvalue weighted by molar-refractivity contribution is 5.65. The predicted molar refractivity (Wildman–Crippen MR) is 61.3 cm³/mol. The van der Waals surface area contributed by atoms with E-state index in [9.17, 15) is 5.11 Å². The predicted octanol–water partition coefficient (Wildman–Crippen LogP) is 2.89. The highest BCUT2D eigenvalue weighted by Gasteiger charge is 2.13. The van der Waals surface area contributed by atoms with Crippen molar-refractivity contribution in [3.8, 4) is 5.75 Å². The molecule has 0 spiro atoms. The van der Waals surface area contributed by atoms with E-state index in [1.54, 1.807) is 0 Å². The van der Waals surface area contributed by atoms with Crippen molar-refractivity contribution in [1.82, 2.24) is 0 Å². The molecule has 0 aliphatic heterocycles. The number of aromatic hydroxyl groups is 1. The van der Waals surface area contributed by atoms with Crippen molar-refractivity contribution in [3.63, 3.8) is 0 Å². The van der Waals surface area contributed by atoms with Crippen LogP contribution in [0.15, 0.2) is 12.1 Å². The number of anilines is 1. The van der Waals surface area contributed by atoms with Crippen LogP contribution in [-0.4, -0.2) is 19.2 Å². The van der Waals surface area contributed by atoms with E-state index >= 15 is 0 Å². The molecule has 2 heteroatoms. The second kappa shape index (κ2) is 3.91. The smallest absolute Gasteiger partial charge is 0.142 e. The third-order valence-electron chi connectivity index (χ3n) is 2.45. The van der Waals surface area contributed by atoms with Crippen LogP contribution in [0.3, 0.4) is 0 Å². The third kappa shape index (κ3) is 1.84. The zero-order valence-corrected chi connectivity index (χ0v) is 9.63. The lowest BCUT2D eigenvalue weighted by Crippen LogP contribution is -2.11. The average Bonchev–Trinajstić information content (AvgIpc) is 2.02. The van der Waals surface area contributed by atoms with Gasteiger partial charge < -0.3 is 10.0 Å². The Labute approximate surface area is 86.2 Å². The van der Waals surface area contributed by atoms with Crippen LogP contribution in [0.25, 0.3) is 0 Å². The highest BCUT2D eigenvalue weighted by Crippen LogP contribution is 2.36. The summed E-state index contributed by atoms with van der Waals surface area (Å²) in [4.78, 5) is 1.95. The molecule has 2 nitrogen and oxygen atoms in total. The first-order valence-corrected chi connectivity index (χ1v) is 4.95. The number of benzene rings is 1. The van der Waals surface area contributed by atoms with E-state index in [-0.39, 0.29) is 0 Å². The van der Waals surface area contributed by atoms with Crippen LogP contribution < -0.4 is 4.90 Å². The van der Waals surface area contributed by atoms with Crippen molar-refractivity contribution >= 4 is 5.69 Å². The summed E-state index contributed by atoms with van der Waals surface area (Å²) >= 11 is 0. The lowest BCUT2D eigenvalue weighted by molar-refractivity contribution is 0.465. The Morgan fingerprint density at radius 1 is 1.21 bits per heavy atom. The van der Waals surface area contributed by atoms with Crippen molar-refractivity contribution in [2.45, 2.75) is 26.7 Å². The molecule has 14 heavy (non-hydrogen) atoms. The molecule has 0 aromatic heterocycles. The van der Waals surface area contributed by atoms with Crippen molar-refractivity contribution in [2.75, 3.05) is 19.0 Å². The fraction of sp³-hybridized carbons (Fsp3) is 0.500. The molecule has 0 unspecified atom stereocenters. The SMILES string of the molecule is Cc1ccc(C(C)C)c(O)c1N(C)C. The van der Waals surface area contributed by atoms with E-state index in [4.69, 9.17) is 0 Å². The minimum atomic E-state index is 0.356. The molecule has 0 saturated heterocycles. The van der Waals surface area contributed by atoms with Gasteiger partial charge in [0.15, 0.2) is 0 Å². The van der Waals surface area contributed by atoms with Crippen molar-refractivity contribution in [2.24, 2.45) is 0 Å². The van der Waals surface area contributed by atoms with Gasteiger partial charge in [0.1, 0.15) is 5.75 Å². The number of rotatable bonds is 2. The molecular formula is C12H19NO. The molecule has 0 atom stereocenters. The van der Waals surface area contributed by atoms with Crippen LogP contribution in [0.2, 0.25) is 0 Å². The summed E-state index contributed by atoms with van der Waals surface area (Å²) in [6, 6.07) is 4.06. The topological polar surface area (TPSA) is 23.5 Å². The molecular weight excluding hydrogens is 174 g/mol. The summed E-state index contributed by atoms with van der Waals surface area (Å²) in [7, 11) is 3.90. The lowest BCUT2D eigenvalue weighted by Gasteiger charge is -2.20. The summed E-state index contributed by atoms with van der Waals surface area (Å²) in [5, 5.41) is 10.1. The second-order valence-corrected chi connectivity index (χ2v) is 4.22. The maximum Gasteiger partial charge on any atom is 0.142 e. The van der Waals surface area contributed by atoms with Crippen LogP contribution in [0.1, 0.15) is 30.9 Å². The molecule has 1 N–H and O–H groups in total. The number of phenols is 1. The van der Waals surface area contributed by atoms with Gasteiger partial charge in [0.2, 0.25) is 0 Å². The number of phenolic OH excluding ortho intramolecular Hbond substituents is 1. The molecule has 1 aromatic carbocycles. The van der Waals surface area contributed by atoms with Gasteiger partial charge in [-0.1, -0.05) is 26.0 Å². The number of hydrogen-bond donors (Lipinski definition) is 1. The quantitative estimate of drug-likeness (QED) is 0.780. The van der Waals surface area contributed by atoms with Gasteiger partial charge in [-0.2, -0.15) is 0 Å². The molecule has 0 fully saturated rings. The maximum atomic E-state index is 10.1. The first kappa shape index (κ1) is 10.9. The average molecular weight is 193 g/mol. The fourth-order valence-electron chi connectivity index (χ4n) is 1.73. The Kier molecular flexibility index (Phi) is 3.04. The normalized spacial score (nSPS) is 10.7. The van der Waals surface area contributed by atoms with Gasteiger partial charge in [0, 0.05) is 14.1 Å². The van der Waals surface area contributed by atoms with Crippen LogP contribution in [0.4, 0.5) is 5.69 Å². The van der Waals surface area contributed by atoms with Crippen molar-refractivity contribution in [1.29, 1.82) is 0 Å². The summed E-state index contributed by atoms with van der Waals surface area (Å²) in [5.74, 6) is 0.777. The number of hydrogen-bond acceptors (Lipinski definition) is 2. The van der Waals surface area contributed by atoms with E-state index in [1.807, 2.05) is 32.0 Å². The Morgan fingerprint density at radius 3 is 2.21 bits per heavy atom. The number of nitrogens with zero attached hydrogens (tertiary/aromatic N) is 1. The minimum Gasteiger partial charge on any atom is -0.505 e. The molecule has 1 rings (SSSR count). The Balaban J connectivity index is 3.34. The molecule has 0 radical (unpaired) electrons. The highest BCUT2D eigenvalue weighted by atomic mass is 16.3. The van der Waals surface area contributed by atoms with Crippen LogP contribution >= 0.6 is 0 Å². The molecule has 78 valence electrons. The molecule has 0 aliphatic carbocycles. The van der Waals surface area contributed by atoms with Gasteiger partial charge >= 0.3 is 0 Å². The second-order valence-electron chi connectivity index (χ2n) is 4.22. The standard InChI is InChI=1S/C12H19NO/c1-8(2)10-7-6-9(3)11(12(10)14)13(4)5/h6-8,14H,1-5H3. The summed E-state index contributed by atoms with van der Waals surface area (Å²) in [6.45, 7) is 6.19. The first-order chi connectivity index (χ1) is 6.45. The van der Waals surface area contributed by atoms with Gasteiger partial charge in [-0.25, -0.2) is 0 Å². The van der Waals surface area contributed by atoms with Crippen LogP contribution in [-0.2, 0) is 0 Å². The number of aryl methyl sites for hydroxylation is 1. The summed E-state index contributed by atoms with van der Waals surface area (Å²) < 4.78 is 0. The minimum absolute atomic E-state index is 0.356. The molecule has 1 aromatic rings. The Morgan fingerprint density at radius 2 is 1.79 bits per heavy atom. The van der Waals surface area contributed by atoms with Gasteiger partial charge in [-0.3, -0.25) is 0 Å². The molecule has 0 amide bonds. The third-order valence-corrected chi connectivity index (χ3v) is 2.45. The summed E-state index contributed by atoms with van der Waals surface area (Å²) in [6.07, 6.45) is 0. The first-order valence-electron chi connectivity index (χ1n) is 4.95. The molecule has 0 heterocycles. The molecule has 0 bridgehead atoms. The Hall–Kier alpha value is -1.18. The zero-order chi connectivity index (χ0) is 10.9. The van der Waals surface area contributed by atoms with E-state index in [0.717, 1.165) is 16.8 Å². The van der Waals surface area contributed by atoms with E-state index < -0.39 is 0 Å². The van der Waals surface area contributed by atoms with Gasteiger partial charge in [0.25, 0.3) is 0 Å². The summed E-state index contributed by atoms with van der Waals surface area (Å²) in [5.41, 5.74) is 3.05. The van der Waals surface area contributed by atoms with Crippen LogP contribution in [0.5, 0.6) is 5.75 Å². The van der Waals surface area contributed by atoms with Crippen molar-refractivity contribution < 1.29 is 5.11 Å². The van der Waals surface area contributed by atoms with Crippen LogP contribution in [0, 0.1) is 6.92 Å². The molecule has 0 saturated carbocycles. The van der Waals surface area contributed by atoms with E-state index in [2.05, 4.69) is 19.9 Å². The largest absolute Gasteiger partial charge is 0.505 e. The fourth-order valence-corrected chi connectivity index (χ4v) is 1.73. The van der Waals surface area contributed by atoms with Gasteiger partial charge in [0.05, 0.1) is 5.69 Å². The van der Waals surface area contributed by atoms with Gasteiger partial charge in [-0.05, 0) is 24.0 Å². The Bertz CT molecular complexity index is 329. The van der Waals surface area contributed by atoms with E-state index in [1.165, 1.54) is 0 Å².